The number of aromatic nitrogens is 1. The monoisotopic (exact) mass is 606 g/mol. The van der Waals surface area contributed by atoms with Crippen LogP contribution in [-0.4, -0.2) is 58.9 Å². The summed E-state index contributed by atoms with van der Waals surface area (Å²) in [7, 11) is 1.40. The van der Waals surface area contributed by atoms with E-state index >= 15 is 0 Å². The first-order valence-electron chi connectivity index (χ1n) is 12.4. The number of aliphatic hydroxyl groups is 2. The number of halogens is 4. The molecule has 6 nitrogen and oxygen atoms in total. The predicted octanol–water partition coefficient (Wildman–Crippen LogP) is 5.10. The lowest BCUT2D eigenvalue weighted by Gasteiger charge is -2.41. The number of pyridine rings is 1. The zero-order valence-corrected chi connectivity index (χ0v) is 22.8. The number of methoxy groups -OCH3 is 1. The van der Waals surface area contributed by atoms with Crippen molar-refractivity contribution in [3.63, 3.8) is 0 Å². The summed E-state index contributed by atoms with van der Waals surface area (Å²) in [6, 6.07) is 18.3. The van der Waals surface area contributed by atoms with Crippen LogP contribution in [0.5, 0.6) is 11.6 Å². The van der Waals surface area contributed by atoms with Crippen molar-refractivity contribution < 1.29 is 28.5 Å². The summed E-state index contributed by atoms with van der Waals surface area (Å²) in [5.41, 5.74) is -1.97. The van der Waals surface area contributed by atoms with Gasteiger partial charge in [-0.3, -0.25) is 4.90 Å². The Morgan fingerprint density at radius 1 is 1.18 bits per heavy atom. The topological polar surface area (TPSA) is 75.0 Å². The molecule has 5 atom stereocenters. The fourth-order valence-corrected chi connectivity index (χ4v) is 7.15. The minimum Gasteiger partial charge on any atom is -0.481 e. The maximum absolute atomic E-state index is 14.2. The average Bonchev–Trinajstić information content (AvgIpc) is 3.43. The van der Waals surface area contributed by atoms with Gasteiger partial charge in [-0.1, -0.05) is 70.0 Å². The molecule has 6 rings (SSSR count). The molecule has 200 valence electrons. The molecule has 2 fully saturated rings. The number of likely N-dealkylation sites (tertiary alicyclic amines) is 1. The minimum absolute atomic E-state index is 0.0354. The first-order valence-corrected chi connectivity index (χ1v) is 13.5. The van der Waals surface area contributed by atoms with Crippen molar-refractivity contribution >= 4 is 27.5 Å². The first kappa shape index (κ1) is 26.0. The van der Waals surface area contributed by atoms with Crippen molar-refractivity contribution in [3.05, 3.63) is 87.0 Å². The minimum atomic E-state index is -2.80. The Labute approximate surface area is 232 Å². The van der Waals surface area contributed by atoms with Crippen LogP contribution >= 0.6 is 27.5 Å². The number of nitrogens with zero attached hydrogens (tertiary/aromatic N) is 2. The molecule has 1 saturated heterocycles. The maximum atomic E-state index is 14.2. The van der Waals surface area contributed by atoms with Gasteiger partial charge in [-0.05, 0) is 23.3 Å². The smallest absolute Gasteiger partial charge is 0.261 e. The highest BCUT2D eigenvalue weighted by Gasteiger charge is 2.77. The second kappa shape index (κ2) is 9.13. The third-order valence-electron chi connectivity index (χ3n) is 8.18. The summed E-state index contributed by atoms with van der Waals surface area (Å²) in [4.78, 5) is 5.92. The number of benzene rings is 2. The normalized spacial score (nSPS) is 31.6. The number of hydrogen-bond donors (Lipinski definition) is 2. The molecule has 3 aromatic rings. The molecular weight excluding hydrogens is 582 g/mol. The number of hydrogen-bond acceptors (Lipinski definition) is 6. The third-order valence-corrected chi connectivity index (χ3v) is 8.90. The molecule has 38 heavy (non-hydrogen) atoms. The van der Waals surface area contributed by atoms with Gasteiger partial charge in [0.15, 0.2) is 11.2 Å². The van der Waals surface area contributed by atoms with Crippen LogP contribution in [0.15, 0.2) is 65.1 Å². The van der Waals surface area contributed by atoms with Crippen molar-refractivity contribution in [2.24, 2.45) is 5.92 Å². The van der Waals surface area contributed by atoms with E-state index in [-0.39, 0.29) is 41.9 Å². The Morgan fingerprint density at radius 3 is 2.53 bits per heavy atom. The number of fused-ring (bicyclic) bond motifs is 3. The Morgan fingerprint density at radius 2 is 1.89 bits per heavy atom. The van der Waals surface area contributed by atoms with E-state index in [1.807, 2.05) is 54.6 Å². The van der Waals surface area contributed by atoms with Crippen LogP contribution in [-0.2, 0) is 11.2 Å². The van der Waals surface area contributed by atoms with Crippen LogP contribution in [0.25, 0.3) is 0 Å². The predicted molar refractivity (Wildman–Crippen MR) is 141 cm³/mol. The fraction of sp³-hybridized carbons (Fsp3) is 0.393. The largest absolute Gasteiger partial charge is 0.481 e. The summed E-state index contributed by atoms with van der Waals surface area (Å²) >= 11 is 9.75. The molecule has 3 aliphatic rings. The Kier molecular flexibility index (Phi) is 6.23. The molecule has 0 unspecified atom stereocenters. The highest BCUT2D eigenvalue weighted by molar-refractivity contribution is 9.10. The number of rotatable bonds is 5. The van der Waals surface area contributed by atoms with E-state index in [9.17, 15) is 19.0 Å². The van der Waals surface area contributed by atoms with E-state index in [1.54, 1.807) is 4.90 Å². The van der Waals surface area contributed by atoms with E-state index in [4.69, 9.17) is 21.1 Å². The fourth-order valence-electron chi connectivity index (χ4n) is 6.71. The molecular formula is C28H26BrClF2N2O4. The van der Waals surface area contributed by atoms with Crippen molar-refractivity contribution in [2.75, 3.05) is 26.7 Å². The molecule has 2 aromatic carbocycles. The maximum Gasteiger partial charge on any atom is 0.261 e. The van der Waals surface area contributed by atoms with E-state index in [1.165, 1.54) is 13.2 Å². The van der Waals surface area contributed by atoms with Gasteiger partial charge in [0.2, 0.25) is 5.88 Å². The van der Waals surface area contributed by atoms with Crippen molar-refractivity contribution in [3.8, 4) is 11.6 Å². The zero-order valence-electron chi connectivity index (χ0n) is 20.5. The number of alkyl halides is 2. The van der Waals surface area contributed by atoms with E-state index < -0.39 is 41.6 Å². The summed E-state index contributed by atoms with van der Waals surface area (Å²) in [5, 5.41) is 25.0. The molecule has 1 aliphatic carbocycles. The Balaban J connectivity index is 1.61. The zero-order chi connectivity index (χ0) is 26.9. The van der Waals surface area contributed by atoms with Crippen LogP contribution in [0.2, 0.25) is 5.15 Å². The summed E-state index contributed by atoms with van der Waals surface area (Å²) in [6.45, 7) is -0.0718. The lowest BCUT2D eigenvalue weighted by Crippen LogP contribution is -2.52. The van der Waals surface area contributed by atoms with Gasteiger partial charge in [0.05, 0.1) is 25.3 Å². The van der Waals surface area contributed by atoms with Crippen molar-refractivity contribution in [1.82, 2.24) is 9.88 Å². The van der Waals surface area contributed by atoms with E-state index in [0.717, 1.165) is 10.0 Å². The van der Waals surface area contributed by atoms with Gasteiger partial charge in [0, 0.05) is 41.9 Å². The molecule has 0 radical (unpaired) electrons. The molecule has 1 saturated carbocycles. The summed E-state index contributed by atoms with van der Waals surface area (Å²) in [6.07, 6.45) is -1.66. The standard InChI is InChI=1S/C28H26BrClF2N2O4/c1-37-25-23-20(13-21(30)33-25)38-28(17-7-9-18(29)10-8-17)22(16-5-3-2-4-6-16)19(24(35)27(23,28)36)14-34-12-11-26(31,32)15-34/h2-10,13,19,22,24,35-36H,11-12,14-15H2,1H3/t19-,22-,24-,27+,28+/m1/s1. The van der Waals surface area contributed by atoms with Gasteiger partial charge >= 0.3 is 0 Å². The Bertz CT molecular complexity index is 1360. The number of aliphatic hydroxyl groups excluding tert-OH is 1. The van der Waals surface area contributed by atoms with Crippen LogP contribution < -0.4 is 9.47 Å². The van der Waals surface area contributed by atoms with Crippen LogP contribution in [0.4, 0.5) is 8.78 Å². The van der Waals surface area contributed by atoms with Gasteiger partial charge < -0.3 is 19.7 Å². The lowest BCUT2D eigenvalue weighted by molar-refractivity contribution is -0.152. The molecule has 2 aliphatic heterocycles. The third kappa shape index (κ3) is 3.70. The quantitative estimate of drug-likeness (QED) is 0.394. The van der Waals surface area contributed by atoms with Gasteiger partial charge in [0.25, 0.3) is 5.92 Å². The van der Waals surface area contributed by atoms with Gasteiger partial charge in [-0.15, -0.1) is 0 Å². The van der Waals surface area contributed by atoms with Gasteiger partial charge in [0.1, 0.15) is 10.9 Å². The lowest BCUT2D eigenvalue weighted by atomic mass is 9.71. The second-order valence-corrected chi connectivity index (χ2v) is 11.6. The van der Waals surface area contributed by atoms with E-state index in [2.05, 4.69) is 20.9 Å². The highest BCUT2D eigenvalue weighted by Crippen LogP contribution is 2.70. The number of ether oxygens (including phenoxy) is 2. The van der Waals surface area contributed by atoms with Crippen molar-refractivity contribution in [2.45, 2.75) is 35.6 Å². The molecule has 0 spiro atoms. The summed E-state index contributed by atoms with van der Waals surface area (Å²) in [5.74, 6) is -3.82. The van der Waals surface area contributed by atoms with Gasteiger partial charge in [-0.2, -0.15) is 0 Å². The molecule has 2 N–H and O–H groups in total. The SMILES string of the molecule is COc1nc(Cl)cc2c1[C@]1(O)[C@H](O)[C@H](CN3CCC(F)(F)C3)[C@@H](c3ccccc3)[C@]1(c1ccc(Br)cc1)O2. The first-order chi connectivity index (χ1) is 18.1. The van der Waals surface area contributed by atoms with Crippen LogP contribution in [0.1, 0.15) is 29.0 Å². The van der Waals surface area contributed by atoms with Crippen LogP contribution in [0.3, 0.4) is 0 Å². The van der Waals surface area contributed by atoms with E-state index in [0.29, 0.717) is 5.56 Å². The Hall–Kier alpha value is -2.30. The molecule has 10 heteroatoms. The van der Waals surface area contributed by atoms with Gasteiger partial charge in [-0.25, -0.2) is 13.8 Å². The molecule has 3 heterocycles. The highest BCUT2D eigenvalue weighted by atomic mass is 79.9. The van der Waals surface area contributed by atoms with Crippen molar-refractivity contribution in [1.29, 1.82) is 0 Å². The molecule has 1 aromatic heterocycles. The second-order valence-electron chi connectivity index (χ2n) is 10.3. The average molecular weight is 608 g/mol. The summed E-state index contributed by atoms with van der Waals surface area (Å²) < 4.78 is 41.5. The van der Waals surface area contributed by atoms with Crippen LogP contribution in [0, 0.1) is 5.92 Å². The molecule has 0 amide bonds. The molecule has 0 bridgehead atoms.